The Labute approximate surface area is 150 Å². The highest BCUT2D eigenvalue weighted by Gasteiger charge is 2.19. The molecule has 1 aromatic carbocycles. The number of H-pyrrole nitrogens is 1. The number of hydrogen-bond donors (Lipinski definition) is 2. The Morgan fingerprint density at radius 3 is 2.80 bits per heavy atom. The van der Waals surface area contributed by atoms with Crippen molar-refractivity contribution >= 4 is 17.5 Å². The summed E-state index contributed by atoms with van der Waals surface area (Å²) in [6, 6.07) is 12.8. The average molecular weight is 359 g/mol. The highest BCUT2D eigenvalue weighted by molar-refractivity contribution is 6.31. The van der Waals surface area contributed by atoms with Gasteiger partial charge in [-0.25, -0.2) is 0 Å². The van der Waals surface area contributed by atoms with Crippen LogP contribution < -0.4 is 5.32 Å². The third kappa shape index (κ3) is 3.92. The molecule has 1 atom stereocenters. The van der Waals surface area contributed by atoms with Crippen LogP contribution in [-0.2, 0) is 0 Å². The van der Waals surface area contributed by atoms with Crippen LogP contribution in [0.4, 0.5) is 0 Å². The highest BCUT2D eigenvalue weighted by atomic mass is 35.5. The van der Waals surface area contributed by atoms with E-state index in [1.165, 1.54) is 0 Å². The van der Waals surface area contributed by atoms with Gasteiger partial charge in [0.15, 0.2) is 11.5 Å². The largest absolute Gasteiger partial charge is 0.463 e. The van der Waals surface area contributed by atoms with Crippen LogP contribution >= 0.6 is 11.6 Å². The van der Waals surface area contributed by atoms with Gasteiger partial charge in [-0.3, -0.25) is 9.89 Å². The fourth-order valence-corrected chi connectivity index (χ4v) is 2.85. The summed E-state index contributed by atoms with van der Waals surface area (Å²) in [4.78, 5) is 14.4. The number of benzene rings is 1. The third-order valence-electron chi connectivity index (χ3n) is 3.94. The molecule has 0 spiro atoms. The zero-order valence-electron chi connectivity index (χ0n) is 14.0. The van der Waals surface area contributed by atoms with Crippen molar-refractivity contribution in [3.63, 3.8) is 0 Å². The van der Waals surface area contributed by atoms with Crippen molar-refractivity contribution in [1.82, 2.24) is 20.4 Å². The number of rotatable bonds is 6. The number of carbonyl (C=O) groups is 1. The summed E-state index contributed by atoms with van der Waals surface area (Å²) in [5.74, 6) is 0.377. The van der Waals surface area contributed by atoms with E-state index in [1.807, 2.05) is 43.3 Å². The summed E-state index contributed by atoms with van der Waals surface area (Å²) in [6.45, 7) is 0.415. The van der Waals surface area contributed by atoms with Gasteiger partial charge in [0, 0.05) is 17.6 Å². The Balaban J connectivity index is 1.69. The Hall–Kier alpha value is -2.57. The van der Waals surface area contributed by atoms with Gasteiger partial charge in [0.2, 0.25) is 0 Å². The van der Waals surface area contributed by atoms with Gasteiger partial charge in [-0.15, -0.1) is 0 Å². The number of halogens is 1. The molecule has 3 rings (SSSR count). The molecule has 0 aliphatic carbocycles. The number of furan rings is 1. The van der Waals surface area contributed by atoms with E-state index in [4.69, 9.17) is 16.0 Å². The first kappa shape index (κ1) is 17.3. The van der Waals surface area contributed by atoms with Gasteiger partial charge in [0.1, 0.15) is 5.69 Å². The van der Waals surface area contributed by atoms with E-state index in [9.17, 15) is 4.79 Å². The number of carbonyl (C=O) groups excluding carboxylic acids is 1. The van der Waals surface area contributed by atoms with E-state index in [1.54, 1.807) is 24.5 Å². The van der Waals surface area contributed by atoms with Gasteiger partial charge in [0.25, 0.3) is 5.91 Å². The standard InChI is InChI=1S/C18H19ClN4O2/c1-23(2)16(12-6-3-4-7-13(12)19)11-20-18(24)15-10-14(21-22-15)17-8-5-9-25-17/h3-10,16H,11H2,1-2H3,(H,20,24)(H,21,22)/t16-/m0/s1. The number of nitrogens with one attached hydrogen (secondary N) is 2. The lowest BCUT2D eigenvalue weighted by Gasteiger charge is -2.25. The molecule has 0 unspecified atom stereocenters. The van der Waals surface area contributed by atoms with E-state index in [0.29, 0.717) is 28.7 Å². The van der Waals surface area contributed by atoms with Crippen molar-refractivity contribution in [2.24, 2.45) is 0 Å². The molecule has 0 radical (unpaired) electrons. The maximum atomic E-state index is 12.4. The normalized spacial score (nSPS) is 12.3. The third-order valence-corrected chi connectivity index (χ3v) is 4.28. The molecular formula is C18H19ClN4O2. The smallest absolute Gasteiger partial charge is 0.271 e. The lowest BCUT2D eigenvalue weighted by molar-refractivity contribution is 0.0937. The summed E-state index contributed by atoms with van der Waals surface area (Å²) in [7, 11) is 3.90. The second kappa shape index (κ2) is 7.55. The van der Waals surface area contributed by atoms with Gasteiger partial charge in [-0.1, -0.05) is 29.8 Å². The average Bonchev–Trinajstić information content (AvgIpc) is 3.27. The van der Waals surface area contributed by atoms with Crippen LogP contribution in [0.25, 0.3) is 11.5 Å². The molecule has 0 fully saturated rings. The Kier molecular flexibility index (Phi) is 5.21. The van der Waals surface area contributed by atoms with Crippen LogP contribution in [0.2, 0.25) is 5.02 Å². The first-order valence-corrected chi connectivity index (χ1v) is 8.22. The van der Waals surface area contributed by atoms with Crippen molar-refractivity contribution in [3.8, 4) is 11.5 Å². The topological polar surface area (TPSA) is 74.2 Å². The summed E-state index contributed by atoms with van der Waals surface area (Å²) in [6.07, 6.45) is 1.57. The molecule has 1 amide bonds. The van der Waals surface area contributed by atoms with E-state index < -0.39 is 0 Å². The lowest BCUT2D eigenvalue weighted by Crippen LogP contribution is -2.34. The second-order valence-electron chi connectivity index (χ2n) is 5.86. The first-order chi connectivity index (χ1) is 12.1. The molecular weight excluding hydrogens is 340 g/mol. The van der Waals surface area contributed by atoms with Crippen molar-refractivity contribution in [2.45, 2.75) is 6.04 Å². The molecule has 0 saturated carbocycles. The molecule has 25 heavy (non-hydrogen) atoms. The van der Waals surface area contributed by atoms with E-state index >= 15 is 0 Å². The van der Waals surface area contributed by atoms with Crippen LogP contribution in [0.15, 0.2) is 53.1 Å². The molecule has 7 heteroatoms. The molecule has 2 N–H and O–H groups in total. The maximum Gasteiger partial charge on any atom is 0.271 e. The monoisotopic (exact) mass is 358 g/mol. The maximum absolute atomic E-state index is 12.4. The van der Waals surface area contributed by atoms with Gasteiger partial charge in [-0.2, -0.15) is 5.10 Å². The van der Waals surface area contributed by atoms with E-state index in [0.717, 1.165) is 5.56 Å². The van der Waals surface area contributed by atoms with Crippen molar-refractivity contribution < 1.29 is 9.21 Å². The van der Waals surface area contributed by atoms with Gasteiger partial charge in [-0.05, 0) is 37.9 Å². The zero-order chi connectivity index (χ0) is 17.8. The fourth-order valence-electron chi connectivity index (χ4n) is 2.59. The van der Waals surface area contributed by atoms with Crippen molar-refractivity contribution in [3.05, 3.63) is 65.0 Å². The number of aromatic amines is 1. The minimum absolute atomic E-state index is 0.0406. The van der Waals surface area contributed by atoms with Crippen LogP contribution in [0.5, 0.6) is 0 Å². The Bertz CT molecular complexity index is 842. The Morgan fingerprint density at radius 1 is 1.32 bits per heavy atom. The minimum Gasteiger partial charge on any atom is -0.463 e. The quantitative estimate of drug-likeness (QED) is 0.708. The molecule has 0 saturated heterocycles. The van der Waals surface area contributed by atoms with Crippen LogP contribution in [-0.4, -0.2) is 41.6 Å². The predicted octanol–water partition coefficient (Wildman–Crippen LogP) is 3.36. The molecule has 2 heterocycles. The molecule has 3 aromatic rings. The molecule has 0 bridgehead atoms. The minimum atomic E-state index is -0.257. The van der Waals surface area contributed by atoms with E-state index in [2.05, 4.69) is 15.5 Å². The number of hydrogen-bond acceptors (Lipinski definition) is 4. The predicted molar refractivity (Wildman–Crippen MR) is 96.5 cm³/mol. The van der Waals surface area contributed by atoms with Crippen LogP contribution in [0, 0.1) is 0 Å². The van der Waals surface area contributed by atoms with Gasteiger partial charge in [0.05, 0.1) is 12.3 Å². The SMILES string of the molecule is CN(C)[C@@H](CNC(=O)c1cc(-c2ccco2)[nH]n1)c1ccccc1Cl. The van der Waals surface area contributed by atoms with Gasteiger partial charge < -0.3 is 14.6 Å². The highest BCUT2D eigenvalue weighted by Crippen LogP contribution is 2.25. The van der Waals surface area contributed by atoms with Crippen molar-refractivity contribution in [1.29, 1.82) is 0 Å². The number of likely N-dealkylation sites (N-methyl/N-ethyl adjacent to an activating group) is 1. The molecule has 6 nitrogen and oxygen atoms in total. The zero-order valence-corrected chi connectivity index (χ0v) is 14.7. The fraction of sp³-hybridized carbons (Fsp3) is 0.222. The molecule has 130 valence electrons. The summed E-state index contributed by atoms with van der Waals surface area (Å²) in [5.41, 5.74) is 1.93. The molecule has 0 aliphatic rings. The summed E-state index contributed by atoms with van der Waals surface area (Å²) in [5, 5.41) is 10.4. The van der Waals surface area contributed by atoms with Crippen LogP contribution in [0.3, 0.4) is 0 Å². The molecule has 2 aromatic heterocycles. The Morgan fingerprint density at radius 2 is 2.12 bits per heavy atom. The summed E-state index contributed by atoms with van der Waals surface area (Å²) < 4.78 is 5.29. The van der Waals surface area contributed by atoms with E-state index in [-0.39, 0.29) is 11.9 Å². The van der Waals surface area contributed by atoms with Crippen LogP contribution in [0.1, 0.15) is 22.1 Å². The summed E-state index contributed by atoms with van der Waals surface area (Å²) >= 11 is 6.29. The molecule has 0 aliphatic heterocycles. The second-order valence-corrected chi connectivity index (χ2v) is 6.26. The first-order valence-electron chi connectivity index (χ1n) is 7.84. The number of nitrogens with zero attached hydrogens (tertiary/aromatic N) is 2. The number of amides is 1. The lowest BCUT2D eigenvalue weighted by atomic mass is 10.1. The van der Waals surface area contributed by atoms with Gasteiger partial charge >= 0.3 is 0 Å². The number of aromatic nitrogens is 2. The van der Waals surface area contributed by atoms with Crippen molar-refractivity contribution in [2.75, 3.05) is 20.6 Å².